The highest BCUT2D eigenvalue weighted by atomic mass is 16.3. The van der Waals surface area contributed by atoms with E-state index in [0.717, 1.165) is 34.0 Å². The molecule has 0 aliphatic carbocycles. The minimum atomic E-state index is 0.0242. The van der Waals surface area contributed by atoms with Gasteiger partial charge in [-0.1, -0.05) is 48.5 Å². The van der Waals surface area contributed by atoms with Crippen molar-refractivity contribution in [2.75, 3.05) is 0 Å². The Hall–Kier alpha value is -3.31. The number of aromatic nitrogens is 4. The molecule has 0 spiro atoms. The van der Waals surface area contributed by atoms with Gasteiger partial charge in [0, 0.05) is 6.20 Å². The maximum absolute atomic E-state index is 9.39. The van der Waals surface area contributed by atoms with Gasteiger partial charge in [0.15, 0.2) is 5.82 Å². The van der Waals surface area contributed by atoms with E-state index in [1.54, 1.807) is 6.20 Å². The van der Waals surface area contributed by atoms with Gasteiger partial charge in [0.2, 0.25) is 0 Å². The molecule has 1 N–H and O–H groups in total. The summed E-state index contributed by atoms with van der Waals surface area (Å²) in [7, 11) is 0. The lowest BCUT2D eigenvalue weighted by molar-refractivity contribution is 0.282. The van der Waals surface area contributed by atoms with E-state index in [2.05, 4.69) is 31.9 Å². The van der Waals surface area contributed by atoms with Crippen molar-refractivity contribution in [3.63, 3.8) is 0 Å². The highest BCUT2D eigenvalue weighted by molar-refractivity contribution is 5.68. The number of rotatable bonds is 5. The average molecular weight is 356 g/mol. The van der Waals surface area contributed by atoms with Gasteiger partial charge >= 0.3 is 0 Å². The molecule has 4 aromatic rings. The van der Waals surface area contributed by atoms with Gasteiger partial charge in [-0.05, 0) is 47.4 Å². The number of pyridine rings is 1. The van der Waals surface area contributed by atoms with Gasteiger partial charge in [-0.3, -0.25) is 4.98 Å². The molecule has 0 aliphatic rings. The number of hydrogen-bond acceptors (Lipinski definition) is 4. The predicted octanol–water partition coefficient (Wildman–Crippen LogP) is 3.86. The summed E-state index contributed by atoms with van der Waals surface area (Å²) in [6, 6.07) is 22.1. The van der Waals surface area contributed by atoms with E-state index in [4.69, 9.17) is 0 Å². The lowest BCUT2D eigenvalue weighted by Crippen LogP contribution is -2.05. The zero-order valence-corrected chi connectivity index (χ0v) is 15.1. The first-order chi connectivity index (χ1) is 13.2. The minimum Gasteiger partial charge on any atom is -0.392 e. The Balaban J connectivity index is 1.72. The first-order valence-corrected chi connectivity index (χ1v) is 8.85. The second kappa shape index (κ2) is 7.51. The Kier molecular flexibility index (Phi) is 4.77. The molecule has 0 radical (unpaired) electrons. The SMILES string of the molecule is Cc1nnc(-c2cc(-c3cccc(CO)c3)ccn2)n1Cc1ccccc1. The number of nitrogens with zero attached hydrogens (tertiary/aromatic N) is 4. The van der Waals surface area contributed by atoms with E-state index in [1.807, 2.05) is 61.5 Å². The molecule has 0 saturated carbocycles. The van der Waals surface area contributed by atoms with Crippen LogP contribution in [-0.4, -0.2) is 24.9 Å². The topological polar surface area (TPSA) is 63.8 Å². The van der Waals surface area contributed by atoms with Crippen molar-refractivity contribution < 1.29 is 5.11 Å². The fraction of sp³-hybridized carbons (Fsp3) is 0.136. The molecule has 2 aromatic heterocycles. The third kappa shape index (κ3) is 3.64. The summed E-state index contributed by atoms with van der Waals surface area (Å²) in [5.74, 6) is 1.60. The second-order valence-electron chi connectivity index (χ2n) is 6.43. The highest BCUT2D eigenvalue weighted by Gasteiger charge is 2.13. The van der Waals surface area contributed by atoms with Crippen LogP contribution in [0, 0.1) is 6.92 Å². The molecule has 0 amide bonds. The number of aliphatic hydroxyl groups is 1. The smallest absolute Gasteiger partial charge is 0.182 e. The fourth-order valence-electron chi connectivity index (χ4n) is 3.11. The maximum Gasteiger partial charge on any atom is 0.182 e. The van der Waals surface area contributed by atoms with Gasteiger partial charge in [-0.25, -0.2) is 0 Å². The zero-order chi connectivity index (χ0) is 18.6. The van der Waals surface area contributed by atoms with Gasteiger partial charge in [-0.2, -0.15) is 0 Å². The fourth-order valence-corrected chi connectivity index (χ4v) is 3.11. The third-order valence-corrected chi connectivity index (χ3v) is 4.55. The van der Waals surface area contributed by atoms with Crippen molar-refractivity contribution in [2.24, 2.45) is 0 Å². The summed E-state index contributed by atoms with van der Waals surface area (Å²) in [5.41, 5.74) is 4.92. The molecule has 0 bridgehead atoms. The lowest BCUT2D eigenvalue weighted by atomic mass is 10.0. The van der Waals surface area contributed by atoms with Gasteiger partial charge in [0.05, 0.1) is 13.2 Å². The molecule has 2 heterocycles. The second-order valence-corrected chi connectivity index (χ2v) is 6.43. The number of aliphatic hydroxyl groups excluding tert-OH is 1. The van der Waals surface area contributed by atoms with Crippen LogP contribution in [0.25, 0.3) is 22.6 Å². The van der Waals surface area contributed by atoms with E-state index in [0.29, 0.717) is 6.54 Å². The van der Waals surface area contributed by atoms with Gasteiger partial charge < -0.3 is 9.67 Å². The van der Waals surface area contributed by atoms with Crippen LogP contribution in [-0.2, 0) is 13.2 Å². The van der Waals surface area contributed by atoms with Crippen LogP contribution in [0.5, 0.6) is 0 Å². The van der Waals surface area contributed by atoms with Crippen molar-refractivity contribution in [1.82, 2.24) is 19.7 Å². The lowest BCUT2D eigenvalue weighted by Gasteiger charge is -2.10. The summed E-state index contributed by atoms with van der Waals surface area (Å²) in [4.78, 5) is 4.52. The standard InChI is InChI=1S/C22H20N4O/c1-16-24-25-22(26(16)14-17-6-3-2-4-7-17)21-13-20(10-11-23-21)19-9-5-8-18(12-19)15-27/h2-13,27H,14-15H2,1H3. The van der Waals surface area contributed by atoms with Crippen LogP contribution in [0.1, 0.15) is 17.0 Å². The van der Waals surface area contributed by atoms with E-state index < -0.39 is 0 Å². The molecular weight excluding hydrogens is 336 g/mol. The molecule has 134 valence electrons. The molecule has 0 fully saturated rings. The van der Waals surface area contributed by atoms with Crippen LogP contribution in [0.4, 0.5) is 0 Å². The molecule has 27 heavy (non-hydrogen) atoms. The molecule has 0 unspecified atom stereocenters. The third-order valence-electron chi connectivity index (χ3n) is 4.55. The Morgan fingerprint density at radius 2 is 1.63 bits per heavy atom. The Morgan fingerprint density at radius 1 is 0.852 bits per heavy atom. The van der Waals surface area contributed by atoms with Gasteiger partial charge in [0.1, 0.15) is 11.5 Å². The van der Waals surface area contributed by atoms with Crippen LogP contribution < -0.4 is 0 Å². The van der Waals surface area contributed by atoms with Crippen LogP contribution in [0.3, 0.4) is 0 Å². The summed E-state index contributed by atoms with van der Waals surface area (Å²) >= 11 is 0. The highest BCUT2D eigenvalue weighted by Crippen LogP contribution is 2.25. The summed E-state index contributed by atoms with van der Waals surface area (Å²) in [5, 5.41) is 18.0. The molecule has 0 aliphatic heterocycles. The molecule has 5 heteroatoms. The molecule has 0 saturated heterocycles. The number of benzene rings is 2. The van der Waals surface area contributed by atoms with Crippen molar-refractivity contribution in [3.05, 3.63) is 89.9 Å². The normalized spacial score (nSPS) is 10.9. The Bertz CT molecular complexity index is 1060. The first-order valence-electron chi connectivity index (χ1n) is 8.85. The molecule has 2 aromatic carbocycles. The predicted molar refractivity (Wildman–Crippen MR) is 105 cm³/mol. The van der Waals surface area contributed by atoms with Crippen LogP contribution in [0.15, 0.2) is 72.9 Å². The Morgan fingerprint density at radius 3 is 2.44 bits per heavy atom. The summed E-state index contributed by atoms with van der Waals surface area (Å²) in [6.07, 6.45) is 1.78. The number of aryl methyl sites for hydroxylation is 1. The quantitative estimate of drug-likeness (QED) is 0.590. The largest absolute Gasteiger partial charge is 0.392 e. The molecule has 0 atom stereocenters. The maximum atomic E-state index is 9.39. The van der Waals surface area contributed by atoms with E-state index in [-0.39, 0.29) is 6.61 Å². The monoisotopic (exact) mass is 356 g/mol. The molecule has 5 nitrogen and oxygen atoms in total. The first kappa shape index (κ1) is 17.1. The number of hydrogen-bond donors (Lipinski definition) is 1. The Labute approximate surface area is 158 Å². The van der Waals surface area contributed by atoms with E-state index in [1.165, 1.54) is 5.56 Å². The van der Waals surface area contributed by atoms with Crippen molar-refractivity contribution in [2.45, 2.75) is 20.1 Å². The molecular formula is C22H20N4O. The van der Waals surface area contributed by atoms with Gasteiger partial charge in [0.25, 0.3) is 0 Å². The summed E-state index contributed by atoms with van der Waals surface area (Å²) in [6.45, 7) is 2.67. The van der Waals surface area contributed by atoms with E-state index in [9.17, 15) is 5.11 Å². The minimum absolute atomic E-state index is 0.0242. The van der Waals surface area contributed by atoms with Crippen LogP contribution >= 0.6 is 0 Å². The van der Waals surface area contributed by atoms with Gasteiger partial charge in [-0.15, -0.1) is 10.2 Å². The molecule has 4 rings (SSSR count). The van der Waals surface area contributed by atoms with Crippen molar-refractivity contribution >= 4 is 0 Å². The zero-order valence-electron chi connectivity index (χ0n) is 15.1. The summed E-state index contributed by atoms with van der Waals surface area (Å²) < 4.78 is 2.07. The van der Waals surface area contributed by atoms with E-state index >= 15 is 0 Å². The average Bonchev–Trinajstić information content (AvgIpc) is 3.09. The van der Waals surface area contributed by atoms with Crippen LogP contribution in [0.2, 0.25) is 0 Å². The van der Waals surface area contributed by atoms with Crippen molar-refractivity contribution in [3.8, 4) is 22.6 Å². The van der Waals surface area contributed by atoms with Crippen molar-refractivity contribution in [1.29, 1.82) is 0 Å².